The van der Waals surface area contributed by atoms with Crippen molar-refractivity contribution in [1.82, 2.24) is 0 Å². The summed E-state index contributed by atoms with van der Waals surface area (Å²) in [7, 11) is 1.59. The predicted molar refractivity (Wildman–Crippen MR) is 132 cm³/mol. The fourth-order valence-electron chi connectivity index (χ4n) is 3.49. The van der Waals surface area contributed by atoms with Crippen LogP contribution in [-0.2, 0) is 9.53 Å². The van der Waals surface area contributed by atoms with Crippen LogP contribution in [0.1, 0.15) is 50.7 Å². The molecule has 2 N–H and O–H groups in total. The van der Waals surface area contributed by atoms with Crippen LogP contribution in [-0.4, -0.2) is 42.1 Å². The molecule has 0 bridgehead atoms. The van der Waals surface area contributed by atoms with Crippen LogP contribution in [0.15, 0.2) is 36.4 Å². The van der Waals surface area contributed by atoms with E-state index in [9.17, 15) is 19.4 Å². The van der Waals surface area contributed by atoms with Crippen molar-refractivity contribution in [3.8, 4) is 16.9 Å². The predicted octanol–water partition coefficient (Wildman–Crippen LogP) is 5.31. The van der Waals surface area contributed by atoms with Gasteiger partial charge in [0.25, 0.3) is 0 Å². The largest absolute Gasteiger partial charge is 0.495 e. The Hall–Kier alpha value is -1.97. The molecule has 0 aliphatic rings. The molecule has 0 saturated carbocycles. The van der Waals surface area contributed by atoms with Crippen LogP contribution in [0.25, 0.3) is 17.2 Å². The quantitative estimate of drug-likeness (QED) is 0.307. The van der Waals surface area contributed by atoms with Gasteiger partial charge in [-0.1, -0.05) is 38.1 Å². The van der Waals surface area contributed by atoms with Crippen molar-refractivity contribution in [3.63, 3.8) is 0 Å². The normalized spacial score (nSPS) is 13.4. The molecular formula is C25H30FIO5. The fraction of sp³-hybridized carbons (Fsp3) is 0.400. The second kappa shape index (κ2) is 12.3. The molecule has 0 amide bonds. The molecule has 0 spiro atoms. The lowest BCUT2D eigenvalue weighted by Gasteiger charge is -2.21. The Kier molecular flexibility index (Phi) is 10.1. The van der Waals surface area contributed by atoms with Crippen molar-refractivity contribution in [1.29, 1.82) is 0 Å². The molecule has 2 unspecified atom stereocenters. The van der Waals surface area contributed by atoms with Gasteiger partial charge in [0.05, 0.1) is 35.9 Å². The number of aliphatic hydroxyl groups is 2. The smallest absolute Gasteiger partial charge is 0.308 e. The van der Waals surface area contributed by atoms with Gasteiger partial charge in [-0.3, -0.25) is 4.79 Å². The summed E-state index contributed by atoms with van der Waals surface area (Å²) in [6.45, 7) is 6.08. The van der Waals surface area contributed by atoms with Crippen molar-refractivity contribution in [3.05, 3.63) is 56.9 Å². The van der Waals surface area contributed by atoms with E-state index in [4.69, 9.17) is 9.47 Å². The molecule has 2 aromatic carbocycles. The van der Waals surface area contributed by atoms with E-state index in [0.29, 0.717) is 5.75 Å². The van der Waals surface area contributed by atoms with Crippen molar-refractivity contribution < 1.29 is 28.9 Å². The van der Waals surface area contributed by atoms with Gasteiger partial charge in [0, 0.05) is 12.0 Å². The average Bonchev–Trinajstić information content (AvgIpc) is 2.72. The molecule has 0 saturated heterocycles. The Bertz CT molecular complexity index is 940. The van der Waals surface area contributed by atoms with Crippen LogP contribution < -0.4 is 4.74 Å². The first-order chi connectivity index (χ1) is 15.2. The zero-order chi connectivity index (χ0) is 23.8. The minimum absolute atomic E-state index is 0.000287. The fourth-order valence-corrected chi connectivity index (χ4v) is 4.31. The molecule has 0 fully saturated rings. The van der Waals surface area contributed by atoms with Crippen molar-refractivity contribution in [2.75, 3.05) is 13.7 Å². The highest BCUT2D eigenvalue weighted by molar-refractivity contribution is 14.1. The number of ether oxygens (including phenoxy) is 2. The third kappa shape index (κ3) is 7.02. The molecule has 0 aliphatic heterocycles. The summed E-state index contributed by atoms with van der Waals surface area (Å²) in [5.74, 6) is 0.0164. The molecule has 2 aromatic rings. The molecule has 2 rings (SSSR count). The number of aliphatic hydroxyl groups excluding tert-OH is 2. The van der Waals surface area contributed by atoms with Crippen LogP contribution in [0.2, 0.25) is 0 Å². The van der Waals surface area contributed by atoms with Gasteiger partial charge >= 0.3 is 5.97 Å². The molecule has 0 aromatic heterocycles. The number of hydrogen-bond acceptors (Lipinski definition) is 5. The number of benzene rings is 2. The first-order valence-corrected chi connectivity index (χ1v) is 11.6. The molecule has 32 heavy (non-hydrogen) atoms. The Morgan fingerprint density at radius 1 is 1.22 bits per heavy atom. The molecule has 2 atom stereocenters. The maximum absolute atomic E-state index is 13.5. The van der Waals surface area contributed by atoms with Crippen molar-refractivity contribution in [2.24, 2.45) is 0 Å². The van der Waals surface area contributed by atoms with Crippen LogP contribution in [0, 0.1) is 9.39 Å². The van der Waals surface area contributed by atoms with Gasteiger partial charge in [0.2, 0.25) is 0 Å². The summed E-state index contributed by atoms with van der Waals surface area (Å²) in [4.78, 5) is 11.5. The van der Waals surface area contributed by atoms with E-state index in [2.05, 4.69) is 36.4 Å². The van der Waals surface area contributed by atoms with Crippen molar-refractivity contribution >= 4 is 34.6 Å². The van der Waals surface area contributed by atoms with E-state index in [1.54, 1.807) is 38.3 Å². The molecule has 7 heteroatoms. The van der Waals surface area contributed by atoms with E-state index >= 15 is 0 Å². The molecule has 0 heterocycles. The number of carbonyl (C=O) groups is 1. The van der Waals surface area contributed by atoms with Gasteiger partial charge in [0.15, 0.2) is 0 Å². The van der Waals surface area contributed by atoms with Crippen LogP contribution in [0.5, 0.6) is 5.75 Å². The standard InChI is InChI=1S/C25H30FIO5/c1-5-32-23(30)13-19(29)12-18(28)10-11-20-21(15(2)3)14-22(27)25(31-4)24(20)16-6-8-17(26)9-7-16/h6-11,14-15,18-19,28-29H,5,12-13H2,1-4H3/b11-10+. The summed E-state index contributed by atoms with van der Waals surface area (Å²) in [6.07, 6.45) is 1.24. The molecular weight excluding hydrogens is 526 g/mol. The first-order valence-electron chi connectivity index (χ1n) is 10.5. The van der Waals surface area contributed by atoms with E-state index in [-0.39, 0.29) is 31.2 Å². The van der Waals surface area contributed by atoms with Gasteiger partial charge in [-0.25, -0.2) is 4.39 Å². The maximum atomic E-state index is 13.5. The zero-order valence-corrected chi connectivity index (χ0v) is 20.9. The van der Waals surface area contributed by atoms with Gasteiger partial charge in [-0.2, -0.15) is 0 Å². The van der Waals surface area contributed by atoms with E-state index < -0.39 is 18.2 Å². The molecule has 0 aliphatic carbocycles. The zero-order valence-electron chi connectivity index (χ0n) is 18.8. The van der Waals surface area contributed by atoms with Gasteiger partial charge in [-0.15, -0.1) is 0 Å². The summed E-state index contributed by atoms with van der Waals surface area (Å²) in [5, 5.41) is 20.5. The number of rotatable bonds is 10. The average molecular weight is 556 g/mol. The maximum Gasteiger partial charge on any atom is 0.308 e. The number of hydrogen-bond donors (Lipinski definition) is 2. The lowest BCUT2D eigenvalue weighted by molar-refractivity contribution is -0.145. The third-order valence-electron chi connectivity index (χ3n) is 4.97. The lowest BCUT2D eigenvalue weighted by atomic mass is 9.88. The summed E-state index contributed by atoms with van der Waals surface area (Å²) in [5.41, 5.74) is 3.49. The first kappa shape index (κ1) is 26.3. The molecule has 5 nitrogen and oxygen atoms in total. The second-order valence-corrected chi connectivity index (χ2v) is 8.92. The monoisotopic (exact) mass is 556 g/mol. The molecule has 0 radical (unpaired) electrons. The van der Waals surface area contributed by atoms with Gasteiger partial charge in [0.1, 0.15) is 11.6 Å². The van der Waals surface area contributed by atoms with Crippen LogP contribution >= 0.6 is 22.6 Å². The highest BCUT2D eigenvalue weighted by Crippen LogP contribution is 2.42. The number of carbonyl (C=O) groups excluding carboxylic acids is 1. The van der Waals surface area contributed by atoms with E-state index in [1.807, 2.05) is 6.07 Å². The summed E-state index contributed by atoms with van der Waals surface area (Å²) >= 11 is 2.22. The van der Waals surface area contributed by atoms with E-state index in [0.717, 1.165) is 25.8 Å². The van der Waals surface area contributed by atoms with Gasteiger partial charge in [-0.05, 0) is 70.3 Å². The highest BCUT2D eigenvalue weighted by atomic mass is 127. The number of esters is 1. The Labute approximate surface area is 202 Å². The number of methoxy groups -OCH3 is 1. The Morgan fingerprint density at radius 2 is 1.88 bits per heavy atom. The third-order valence-corrected chi connectivity index (χ3v) is 5.77. The van der Waals surface area contributed by atoms with Crippen LogP contribution in [0.3, 0.4) is 0 Å². The minimum atomic E-state index is -1.01. The summed E-state index contributed by atoms with van der Waals surface area (Å²) < 4.78 is 25.0. The lowest BCUT2D eigenvalue weighted by Crippen LogP contribution is -2.20. The highest BCUT2D eigenvalue weighted by Gasteiger charge is 2.20. The molecule has 174 valence electrons. The van der Waals surface area contributed by atoms with Crippen molar-refractivity contribution in [2.45, 2.75) is 51.7 Å². The van der Waals surface area contributed by atoms with Gasteiger partial charge < -0.3 is 19.7 Å². The SMILES string of the molecule is CCOC(=O)CC(O)CC(O)/C=C/c1c(C(C)C)cc(I)c(OC)c1-c1ccc(F)cc1. The van der Waals surface area contributed by atoms with Crippen LogP contribution in [0.4, 0.5) is 4.39 Å². The minimum Gasteiger partial charge on any atom is -0.495 e. The topological polar surface area (TPSA) is 76.0 Å². The number of halogens is 2. The summed E-state index contributed by atoms with van der Waals surface area (Å²) in [6, 6.07) is 8.24. The Morgan fingerprint density at radius 3 is 2.44 bits per heavy atom. The Balaban J connectivity index is 2.44. The second-order valence-electron chi connectivity index (χ2n) is 7.76. The van der Waals surface area contributed by atoms with E-state index in [1.165, 1.54) is 12.1 Å².